The summed E-state index contributed by atoms with van der Waals surface area (Å²) in [5.41, 5.74) is 1.28. The lowest BCUT2D eigenvalue weighted by Crippen LogP contribution is -2.54. The Hall–Kier alpha value is -1.82. The largest absolute Gasteiger partial charge is 0.375 e. The number of aliphatic hydroxyl groups is 1. The van der Waals surface area contributed by atoms with Gasteiger partial charge in [-0.1, -0.05) is 18.2 Å². The van der Waals surface area contributed by atoms with E-state index < -0.39 is 5.72 Å². The zero-order chi connectivity index (χ0) is 18.7. The smallest absolute Gasteiger partial charge is 0.127 e. The number of piperidine rings is 1. The van der Waals surface area contributed by atoms with Gasteiger partial charge in [-0.3, -0.25) is 4.90 Å². The Labute approximate surface area is 163 Å². The standard InChI is InChI=1S/C22H25FN2OS/c23-18-8-9-21-20(14-18)17(15-24-21)10-13-25-12-5-4-11-22(25,26)16-27-19-6-2-1-3-7-19/h1-3,6-9,14-15,24,26H,4-5,10-13,16H2/t22-/m0/s1. The number of aromatic nitrogens is 1. The van der Waals surface area contributed by atoms with Gasteiger partial charge in [0.2, 0.25) is 0 Å². The average Bonchev–Trinajstić information content (AvgIpc) is 3.09. The summed E-state index contributed by atoms with van der Waals surface area (Å²) < 4.78 is 13.6. The quantitative estimate of drug-likeness (QED) is 0.599. The molecule has 142 valence electrons. The summed E-state index contributed by atoms with van der Waals surface area (Å²) in [6.07, 6.45) is 5.73. The van der Waals surface area contributed by atoms with Crippen LogP contribution in [-0.4, -0.2) is 39.6 Å². The first-order valence-electron chi connectivity index (χ1n) is 9.55. The fraction of sp³-hybridized carbons (Fsp3) is 0.364. The molecule has 0 amide bonds. The van der Waals surface area contributed by atoms with Crippen molar-refractivity contribution in [2.75, 3.05) is 18.8 Å². The monoisotopic (exact) mass is 384 g/mol. The summed E-state index contributed by atoms with van der Waals surface area (Å²) in [6.45, 7) is 1.68. The third-order valence-corrected chi connectivity index (χ3v) is 6.65. The lowest BCUT2D eigenvalue weighted by atomic mass is 9.99. The van der Waals surface area contributed by atoms with Crippen LogP contribution in [0.4, 0.5) is 4.39 Å². The molecular weight excluding hydrogens is 359 g/mol. The highest BCUT2D eigenvalue weighted by atomic mass is 32.2. The first-order chi connectivity index (χ1) is 13.1. The Morgan fingerprint density at radius 1 is 1.15 bits per heavy atom. The number of halogens is 1. The second kappa shape index (κ2) is 8.05. The van der Waals surface area contributed by atoms with E-state index in [9.17, 15) is 9.50 Å². The SMILES string of the molecule is O[C@]1(CSc2ccccc2)CCCCN1CCc1c[nH]c2ccc(F)cc12. The summed E-state index contributed by atoms with van der Waals surface area (Å²) in [5.74, 6) is 0.455. The van der Waals surface area contributed by atoms with E-state index in [1.165, 1.54) is 11.0 Å². The first kappa shape index (κ1) is 18.5. The molecule has 27 heavy (non-hydrogen) atoms. The van der Waals surface area contributed by atoms with Crippen LogP contribution in [0.1, 0.15) is 24.8 Å². The second-order valence-electron chi connectivity index (χ2n) is 7.28. The summed E-state index contributed by atoms with van der Waals surface area (Å²) in [5, 5.41) is 12.3. The Morgan fingerprint density at radius 3 is 2.85 bits per heavy atom. The minimum Gasteiger partial charge on any atom is -0.375 e. The minimum absolute atomic E-state index is 0.211. The lowest BCUT2D eigenvalue weighted by Gasteiger charge is -2.43. The molecule has 2 aromatic carbocycles. The van der Waals surface area contributed by atoms with Crippen molar-refractivity contribution in [2.45, 2.75) is 36.3 Å². The van der Waals surface area contributed by atoms with Crippen LogP contribution in [0.5, 0.6) is 0 Å². The molecule has 1 saturated heterocycles. The maximum Gasteiger partial charge on any atom is 0.127 e. The maximum absolute atomic E-state index is 13.6. The average molecular weight is 385 g/mol. The number of likely N-dealkylation sites (tertiary alicyclic amines) is 1. The molecule has 3 nitrogen and oxygen atoms in total. The lowest BCUT2D eigenvalue weighted by molar-refractivity contribution is -0.112. The molecule has 1 aliphatic rings. The van der Waals surface area contributed by atoms with Crippen molar-refractivity contribution < 1.29 is 9.50 Å². The molecule has 1 fully saturated rings. The number of thioether (sulfide) groups is 1. The van der Waals surface area contributed by atoms with Gasteiger partial charge < -0.3 is 10.1 Å². The summed E-state index contributed by atoms with van der Waals surface area (Å²) in [6, 6.07) is 15.1. The molecule has 1 atom stereocenters. The van der Waals surface area contributed by atoms with Crippen molar-refractivity contribution in [3.63, 3.8) is 0 Å². The van der Waals surface area contributed by atoms with Crippen LogP contribution in [0.25, 0.3) is 10.9 Å². The molecular formula is C22H25FN2OS. The summed E-state index contributed by atoms with van der Waals surface area (Å²) in [4.78, 5) is 6.62. The molecule has 4 rings (SSSR count). The Bertz CT molecular complexity index is 898. The van der Waals surface area contributed by atoms with E-state index in [2.05, 4.69) is 22.0 Å². The van der Waals surface area contributed by atoms with Crippen LogP contribution in [0.2, 0.25) is 0 Å². The molecule has 1 aromatic heterocycles. The zero-order valence-corrected chi connectivity index (χ0v) is 16.1. The van der Waals surface area contributed by atoms with E-state index in [0.29, 0.717) is 5.75 Å². The molecule has 0 bridgehead atoms. The van der Waals surface area contributed by atoms with E-state index in [1.807, 2.05) is 24.4 Å². The number of rotatable bonds is 6. The Balaban J connectivity index is 1.44. The van der Waals surface area contributed by atoms with Crippen LogP contribution in [0.3, 0.4) is 0 Å². The van der Waals surface area contributed by atoms with E-state index in [1.54, 1.807) is 23.9 Å². The highest BCUT2D eigenvalue weighted by molar-refractivity contribution is 7.99. The van der Waals surface area contributed by atoms with Gasteiger partial charge in [0.25, 0.3) is 0 Å². The minimum atomic E-state index is -0.782. The van der Waals surface area contributed by atoms with Gasteiger partial charge in [-0.25, -0.2) is 4.39 Å². The van der Waals surface area contributed by atoms with Gasteiger partial charge in [0.1, 0.15) is 11.5 Å². The molecule has 0 unspecified atom stereocenters. The van der Waals surface area contributed by atoms with E-state index >= 15 is 0 Å². The van der Waals surface area contributed by atoms with Gasteiger partial charge in [-0.2, -0.15) is 0 Å². The van der Waals surface area contributed by atoms with Crippen molar-refractivity contribution in [3.05, 3.63) is 66.1 Å². The van der Waals surface area contributed by atoms with Crippen molar-refractivity contribution in [1.82, 2.24) is 9.88 Å². The summed E-state index contributed by atoms with van der Waals surface area (Å²) in [7, 11) is 0. The molecule has 0 spiro atoms. The fourth-order valence-corrected chi connectivity index (χ4v) is 4.96. The van der Waals surface area contributed by atoms with Crippen LogP contribution in [0.15, 0.2) is 59.6 Å². The first-order valence-corrected chi connectivity index (χ1v) is 10.5. The van der Waals surface area contributed by atoms with Gasteiger partial charge in [0.15, 0.2) is 0 Å². The third kappa shape index (κ3) is 4.21. The molecule has 3 aromatic rings. The van der Waals surface area contributed by atoms with Gasteiger partial charge >= 0.3 is 0 Å². The molecule has 0 saturated carbocycles. The third-order valence-electron chi connectivity index (χ3n) is 5.44. The molecule has 5 heteroatoms. The van der Waals surface area contributed by atoms with Gasteiger partial charge in [-0.05, 0) is 61.6 Å². The van der Waals surface area contributed by atoms with Crippen molar-refractivity contribution >= 4 is 22.7 Å². The Kier molecular flexibility index (Phi) is 5.53. The van der Waals surface area contributed by atoms with Crippen LogP contribution >= 0.6 is 11.8 Å². The van der Waals surface area contributed by atoms with E-state index in [0.717, 1.165) is 55.2 Å². The zero-order valence-electron chi connectivity index (χ0n) is 15.3. The van der Waals surface area contributed by atoms with Crippen LogP contribution < -0.4 is 0 Å². The van der Waals surface area contributed by atoms with Gasteiger partial charge in [0, 0.05) is 40.8 Å². The molecule has 0 aliphatic carbocycles. The topological polar surface area (TPSA) is 39.3 Å². The Morgan fingerprint density at radius 2 is 2.00 bits per heavy atom. The molecule has 2 N–H and O–H groups in total. The number of aromatic amines is 1. The second-order valence-corrected chi connectivity index (χ2v) is 8.33. The van der Waals surface area contributed by atoms with Gasteiger partial charge in [0.05, 0.1) is 0 Å². The van der Waals surface area contributed by atoms with Crippen LogP contribution in [0, 0.1) is 5.82 Å². The van der Waals surface area contributed by atoms with Crippen molar-refractivity contribution in [2.24, 2.45) is 0 Å². The maximum atomic E-state index is 13.6. The van der Waals surface area contributed by atoms with E-state index in [4.69, 9.17) is 0 Å². The fourth-order valence-electron chi connectivity index (χ4n) is 3.89. The van der Waals surface area contributed by atoms with Crippen LogP contribution in [-0.2, 0) is 6.42 Å². The normalized spacial score (nSPS) is 21.0. The van der Waals surface area contributed by atoms with E-state index in [-0.39, 0.29) is 5.82 Å². The number of benzene rings is 2. The highest BCUT2D eigenvalue weighted by Gasteiger charge is 2.36. The number of H-pyrrole nitrogens is 1. The molecule has 0 radical (unpaired) electrons. The number of nitrogens with zero attached hydrogens (tertiary/aromatic N) is 1. The molecule has 2 heterocycles. The highest BCUT2D eigenvalue weighted by Crippen LogP contribution is 2.32. The number of nitrogens with one attached hydrogen (secondary N) is 1. The van der Waals surface area contributed by atoms with Crippen molar-refractivity contribution in [1.29, 1.82) is 0 Å². The summed E-state index contributed by atoms with van der Waals surface area (Å²) >= 11 is 1.71. The van der Waals surface area contributed by atoms with Crippen molar-refractivity contribution in [3.8, 4) is 0 Å². The van der Waals surface area contributed by atoms with Gasteiger partial charge in [-0.15, -0.1) is 11.8 Å². The number of hydrogen-bond acceptors (Lipinski definition) is 3. The number of hydrogen-bond donors (Lipinski definition) is 2. The number of fused-ring (bicyclic) bond motifs is 1. The predicted molar refractivity (Wildman–Crippen MR) is 110 cm³/mol. The predicted octanol–water partition coefficient (Wildman–Crippen LogP) is 4.82. The molecule has 1 aliphatic heterocycles.